The van der Waals surface area contributed by atoms with Crippen LogP contribution in [0.3, 0.4) is 0 Å². The maximum Gasteiger partial charge on any atom is 0.281 e. The number of benzene rings is 4. The van der Waals surface area contributed by atoms with Crippen LogP contribution in [0.2, 0.25) is 0 Å². The van der Waals surface area contributed by atoms with Gasteiger partial charge in [-0.15, -0.1) is 0 Å². The van der Waals surface area contributed by atoms with Gasteiger partial charge in [0.05, 0.1) is 0 Å². The zero-order chi connectivity index (χ0) is 29.6. The molecule has 0 spiro atoms. The topological polar surface area (TPSA) is 68.3 Å². The van der Waals surface area contributed by atoms with Gasteiger partial charge >= 0.3 is 0 Å². The summed E-state index contributed by atoms with van der Waals surface area (Å²) in [6.45, 7) is 18.0. The van der Waals surface area contributed by atoms with Crippen molar-refractivity contribution >= 4 is 64.2 Å². The molecule has 8 radical (unpaired) electrons. The third-order valence-corrected chi connectivity index (χ3v) is 12.7. The Hall–Kier alpha value is -2.89. The van der Waals surface area contributed by atoms with Crippen LogP contribution in [0, 0.1) is 0 Å². The summed E-state index contributed by atoms with van der Waals surface area (Å²) in [6.07, 6.45) is 5.37. The van der Waals surface area contributed by atoms with Crippen LogP contribution in [0.15, 0.2) is 121 Å². The second-order valence-electron chi connectivity index (χ2n) is 8.50. The van der Waals surface area contributed by atoms with Crippen molar-refractivity contribution in [2.75, 3.05) is 0 Å². The average Bonchev–Trinajstić information content (AvgIpc) is 3.08. The normalized spacial score (nSPS) is 15.0. The third-order valence-electron chi connectivity index (χ3n) is 6.49. The van der Waals surface area contributed by atoms with Crippen LogP contribution in [0.5, 0.6) is 0 Å². The molecule has 0 aliphatic heterocycles. The summed E-state index contributed by atoms with van der Waals surface area (Å²) in [5.41, 5.74) is 1.41. The Balaban J connectivity index is 0.00000164. The van der Waals surface area contributed by atoms with Crippen LogP contribution in [0.25, 0.3) is 0 Å². The zero-order valence-electron chi connectivity index (χ0n) is 22.5. The first-order valence-electron chi connectivity index (χ1n) is 12.5. The molecular weight excluding hydrogens is 630 g/mol. The van der Waals surface area contributed by atoms with Gasteiger partial charge in [-0.2, -0.15) is 0 Å². The average molecular weight is 660 g/mol. The molecule has 7 heteroatoms. The molecule has 0 amide bonds. The Labute approximate surface area is 261 Å². The summed E-state index contributed by atoms with van der Waals surface area (Å²) in [7, 11) is -0.811. The molecule has 0 N–H and O–H groups in total. The van der Waals surface area contributed by atoms with Crippen molar-refractivity contribution in [2.45, 2.75) is 37.0 Å². The fraction of sp³-hybridized carbons (Fsp3) is 0.176. The Morgan fingerprint density at radius 1 is 0.390 bits per heavy atom. The van der Waals surface area contributed by atoms with E-state index in [4.69, 9.17) is 19.2 Å². The van der Waals surface area contributed by atoms with Crippen molar-refractivity contribution in [1.29, 1.82) is 0 Å². The van der Waals surface area contributed by atoms with Crippen LogP contribution in [-0.4, -0.2) is 38.5 Å². The van der Waals surface area contributed by atoms with Crippen LogP contribution < -0.4 is 21.2 Å². The summed E-state index contributed by atoms with van der Waals surface area (Å²) < 4.78 is 0. The summed E-state index contributed by atoms with van der Waals surface area (Å²) in [5, 5.41) is 6.12. The molecule has 1 aliphatic carbocycles. The summed E-state index contributed by atoms with van der Waals surface area (Å²) in [5.74, 6) is 0. The Kier molecular flexibility index (Phi) is 22.1. The molecule has 0 heterocycles. The van der Waals surface area contributed by atoms with Crippen LogP contribution >= 0.6 is 15.8 Å². The van der Waals surface area contributed by atoms with Crippen molar-refractivity contribution in [3.63, 3.8) is 0 Å². The van der Waals surface area contributed by atoms with Gasteiger partial charge in [0.1, 0.15) is 0 Å². The monoisotopic (exact) mass is 662 g/mol. The third kappa shape index (κ3) is 11.1. The van der Waals surface area contributed by atoms with E-state index in [-0.39, 0.29) is 21.1 Å². The largest absolute Gasteiger partial charge is 0.281 e. The van der Waals surface area contributed by atoms with Crippen molar-refractivity contribution in [3.8, 4) is 0 Å². The fourth-order valence-electron chi connectivity index (χ4n) is 5.11. The molecule has 0 bridgehead atoms. The molecule has 1 fully saturated rings. The van der Waals surface area contributed by atoms with E-state index in [9.17, 15) is 0 Å². The van der Waals surface area contributed by atoms with E-state index in [1.165, 1.54) is 46.9 Å². The smallest absolute Gasteiger partial charge is 0.281 e. The molecular formula is C34H30MoO4P2. The Morgan fingerprint density at radius 3 is 0.780 bits per heavy atom. The van der Waals surface area contributed by atoms with E-state index < -0.39 is 15.8 Å². The first-order chi connectivity index (χ1) is 19.9. The minimum atomic E-state index is -0.405. The van der Waals surface area contributed by atoms with E-state index >= 15 is 0 Å². The van der Waals surface area contributed by atoms with E-state index in [0.29, 0.717) is 11.3 Å². The predicted molar refractivity (Wildman–Crippen MR) is 167 cm³/mol. The SMILES string of the molecule is [C]=O.[C]=O.[C]=O.[C]=O.[Mo].c1ccc(P(c2ccccc2)[C@@H]2CCCC[C@H]2P(c2ccccc2)c2ccccc2)cc1. The molecule has 0 saturated heterocycles. The van der Waals surface area contributed by atoms with Gasteiger partial charge in [0.25, 0.3) is 27.2 Å². The van der Waals surface area contributed by atoms with E-state index in [1.807, 2.05) is 0 Å². The predicted octanol–water partition coefficient (Wildman–Crippen LogP) is 4.97. The molecule has 1 saturated carbocycles. The van der Waals surface area contributed by atoms with Gasteiger partial charge in [0, 0.05) is 21.1 Å². The van der Waals surface area contributed by atoms with Gasteiger partial charge in [-0.25, -0.2) is 0 Å². The summed E-state index contributed by atoms with van der Waals surface area (Å²) in [6, 6.07) is 45.4. The number of hydrogen-bond donors (Lipinski definition) is 0. The quantitative estimate of drug-likeness (QED) is 0.217. The number of rotatable bonds is 6. The molecule has 0 unspecified atom stereocenters. The van der Waals surface area contributed by atoms with Crippen LogP contribution in [0.1, 0.15) is 25.7 Å². The van der Waals surface area contributed by atoms with E-state index in [1.54, 1.807) is 0 Å². The van der Waals surface area contributed by atoms with Gasteiger partial charge in [-0.05, 0) is 61.2 Å². The van der Waals surface area contributed by atoms with Crippen molar-refractivity contribution in [3.05, 3.63) is 121 Å². The molecule has 2 atom stereocenters. The summed E-state index contributed by atoms with van der Waals surface area (Å²) >= 11 is 0. The van der Waals surface area contributed by atoms with Crippen molar-refractivity contribution in [1.82, 2.24) is 0 Å². The first kappa shape index (κ1) is 38.1. The van der Waals surface area contributed by atoms with Crippen molar-refractivity contribution < 1.29 is 40.2 Å². The minimum absolute atomic E-state index is 0. The summed E-state index contributed by atoms with van der Waals surface area (Å²) in [4.78, 5) is 30.0. The molecule has 4 nitrogen and oxygen atoms in total. The molecule has 0 aromatic heterocycles. The number of hydrogen-bond acceptors (Lipinski definition) is 4. The van der Waals surface area contributed by atoms with E-state index in [0.717, 1.165) is 0 Å². The van der Waals surface area contributed by atoms with E-state index in [2.05, 4.69) is 148 Å². The Morgan fingerprint density at radius 2 is 0.585 bits per heavy atom. The maximum atomic E-state index is 7.50. The second kappa shape index (κ2) is 23.8. The molecule has 4 aromatic rings. The molecule has 41 heavy (non-hydrogen) atoms. The first-order valence-corrected chi connectivity index (χ1v) is 15.3. The van der Waals surface area contributed by atoms with Gasteiger partial charge in [0.15, 0.2) is 0 Å². The molecule has 206 valence electrons. The van der Waals surface area contributed by atoms with Crippen LogP contribution in [0.4, 0.5) is 0 Å². The van der Waals surface area contributed by atoms with Gasteiger partial charge in [-0.1, -0.05) is 134 Å². The second-order valence-corrected chi connectivity index (χ2v) is 13.4. The standard InChI is InChI=1S/C30H30P2.4CO.Mo/c1-5-15-25(16-6-1)31(26-17-7-2-8-18-26)29-23-13-14-24-30(29)32(27-19-9-3-10-20-27)28-21-11-4-12-22-28;4*1-2;/h1-12,15-22,29-30H,13-14,23-24H2;;;;;/t29-,30-;;;;;/m1...../s1. The Bertz CT molecular complexity index is 992. The van der Waals surface area contributed by atoms with Gasteiger partial charge in [0.2, 0.25) is 0 Å². The zero-order valence-corrected chi connectivity index (χ0v) is 26.3. The van der Waals surface area contributed by atoms with Gasteiger partial charge in [-0.3, -0.25) is 19.2 Å². The molecule has 5 rings (SSSR count). The van der Waals surface area contributed by atoms with Crippen LogP contribution in [-0.2, 0) is 40.2 Å². The molecule has 4 aromatic carbocycles. The number of carbonyl (C=O) groups excluding carboxylic acids is 4. The van der Waals surface area contributed by atoms with Crippen molar-refractivity contribution in [2.24, 2.45) is 0 Å². The maximum absolute atomic E-state index is 7.50. The fourth-order valence-corrected chi connectivity index (χ4v) is 11.9. The van der Waals surface area contributed by atoms with Gasteiger partial charge < -0.3 is 0 Å². The minimum Gasteiger partial charge on any atom is -0.281 e. The molecule has 1 aliphatic rings.